The van der Waals surface area contributed by atoms with E-state index in [0.717, 1.165) is 0 Å². The molecule has 1 amide bonds. The van der Waals surface area contributed by atoms with Crippen molar-refractivity contribution in [1.82, 2.24) is 5.43 Å². The maximum atomic E-state index is 11.1. The summed E-state index contributed by atoms with van der Waals surface area (Å²) in [6.45, 7) is 3.62. The molecule has 18 heavy (non-hydrogen) atoms. The molecule has 98 valence electrons. The average molecular weight is 252 g/mol. The van der Waals surface area contributed by atoms with E-state index in [0.29, 0.717) is 17.0 Å². The number of aromatic hydroxyl groups is 1. The minimum absolute atomic E-state index is 0.0581. The van der Waals surface area contributed by atoms with Crippen LogP contribution < -0.4 is 10.2 Å². The molecule has 0 spiro atoms. The molecule has 0 fully saturated rings. The van der Waals surface area contributed by atoms with Crippen LogP contribution in [0, 0.1) is 0 Å². The molecule has 1 rings (SSSR count). The van der Waals surface area contributed by atoms with Crippen LogP contribution in [-0.4, -0.2) is 30.6 Å². The Balaban J connectivity index is 2.85. The van der Waals surface area contributed by atoms with E-state index in [2.05, 4.69) is 15.3 Å². The molecular weight excluding hydrogens is 236 g/mol. The van der Waals surface area contributed by atoms with Crippen LogP contribution in [0.2, 0.25) is 0 Å². The third-order valence-electron chi connectivity index (χ3n) is 2.18. The number of phenols is 1. The number of rotatable bonds is 4. The third-order valence-corrected chi connectivity index (χ3v) is 2.18. The van der Waals surface area contributed by atoms with Crippen molar-refractivity contribution in [2.24, 2.45) is 5.10 Å². The molecule has 0 unspecified atom stereocenters. The number of hydrogen-bond acceptors (Lipinski definition) is 5. The van der Waals surface area contributed by atoms with Gasteiger partial charge in [0.1, 0.15) is 11.5 Å². The number of phenolic OH excluding ortho intramolecular Hbond substituents is 1. The fraction of sp³-hybridized carbons (Fsp3) is 0.333. The van der Waals surface area contributed by atoms with E-state index >= 15 is 0 Å². The summed E-state index contributed by atoms with van der Waals surface area (Å²) in [4.78, 5) is 11.1. The van der Waals surface area contributed by atoms with Crippen molar-refractivity contribution >= 4 is 11.8 Å². The number of carbonyl (C=O) groups excluding carboxylic acids is 1. The first-order valence-corrected chi connectivity index (χ1v) is 5.43. The first-order chi connectivity index (χ1) is 8.58. The highest BCUT2D eigenvalue weighted by Gasteiger charge is 2.07. The van der Waals surface area contributed by atoms with E-state index in [4.69, 9.17) is 4.74 Å². The molecule has 0 heterocycles. The van der Waals surface area contributed by atoms with Crippen molar-refractivity contribution in [3.8, 4) is 11.5 Å². The highest BCUT2D eigenvalue weighted by molar-refractivity contribution is 6.01. The summed E-state index contributed by atoms with van der Waals surface area (Å²) in [5.74, 6) is 0.649. The fourth-order valence-electron chi connectivity index (χ4n) is 1.29. The Morgan fingerprint density at radius 1 is 1.50 bits per heavy atom. The van der Waals surface area contributed by atoms with Gasteiger partial charge in [0, 0.05) is 5.56 Å². The Bertz CT molecular complexity index is 457. The topological polar surface area (TPSA) is 80.2 Å². The van der Waals surface area contributed by atoms with Crippen molar-refractivity contribution in [2.75, 3.05) is 13.7 Å². The standard InChI is InChI=1S/C12H16N2O4/c1-4-18-12(16)14-13-8(2)10-7-9(17-3)5-6-11(10)15/h5-7,15H,4H2,1-3H3,(H,14,16)/b13-8+. The molecule has 0 bridgehead atoms. The largest absolute Gasteiger partial charge is 0.507 e. The second-order valence-electron chi connectivity index (χ2n) is 3.41. The van der Waals surface area contributed by atoms with Gasteiger partial charge in [0.2, 0.25) is 0 Å². The molecule has 1 aromatic carbocycles. The van der Waals surface area contributed by atoms with Gasteiger partial charge in [-0.3, -0.25) is 0 Å². The zero-order chi connectivity index (χ0) is 13.5. The van der Waals surface area contributed by atoms with E-state index in [1.165, 1.54) is 13.2 Å². The normalized spacial score (nSPS) is 10.9. The number of ether oxygens (including phenoxy) is 2. The summed E-state index contributed by atoms with van der Waals surface area (Å²) < 4.78 is 9.70. The van der Waals surface area contributed by atoms with Gasteiger partial charge in [0.25, 0.3) is 0 Å². The number of carbonyl (C=O) groups is 1. The maximum absolute atomic E-state index is 11.1. The van der Waals surface area contributed by atoms with Crippen molar-refractivity contribution in [3.63, 3.8) is 0 Å². The van der Waals surface area contributed by atoms with E-state index in [1.54, 1.807) is 26.0 Å². The molecule has 2 N–H and O–H groups in total. The van der Waals surface area contributed by atoms with Gasteiger partial charge in [-0.2, -0.15) is 5.10 Å². The lowest BCUT2D eigenvalue weighted by Crippen LogP contribution is -2.20. The number of amides is 1. The Morgan fingerprint density at radius 2 is 2.22 bits per heavy atom. The Kier molecular flexibility index (Phi) is 4.98. The molecule has 0 radical (unpaired) electrons. The quantitative estimate of drug-likeness (QED) is 0.633. The molecule has 0 atom stereocenters. The van der Waals surface area contributed by atoms with Gasteiger partial charge in [0.05, 0.1) is 19.4 Å². The smallest absolute Gasteiger partial charge is 0.427 e. The number of hydrogen-bond donors (Lipinski definition) is 2. The van der Waals surface area contributed by atoms with Gasteiger partial charge in [-0.1, -0.05) is 0 Å². The Morgan fingerprint density at radius 3 is 2.83 bits per heavy atom. The van der Waals surface area contributed by atoms with Crippen molar-refractivity contribution in [1.29, 1.82) is 0 Å². The lowest BCUT2D eigenvalue weighted by molar-refractivity contribution is 0.152. The van der Waals surface area contributed by atoms with Crippen LogP contribution >= 0.6 is 0 Å². The molecule has 0 aromatic heterocycles. The molecule has 6 nitrogen and oxygen atoms in total. The van der Waals surface area contributed by atoms with Gasteiger partial charge < -0.3 is 14.6 Å². The lowest BCUT2D eigenvalue weighted by atomic mass is 10.1. The van der Waals surface area contributed by atoms with Crippen LogP contribution in [0.15, 0.2) is 23.3 Å². The van der Waals surface area contributed by atoms with Crippen LogP contribution in [0.3, 0.4) is 0 Å². The summed E-state index contributed by atoms with van der Waals surface area (Å²) >= 11 is 0. The first-order valence-electron chi connectivity index (χ1n) is 5.43. The molecule has 0 saturated carbocycles. The summed E-state index contributed by atoms with van der Waals surface area (Å²) in [6.07, 6.45) is -0.640. The van der Waals surface area contributed by atoms with Gasteiger partial charge in [-0.25, -0.2) is 10.2 Å². The number of methoxy groups -OCH3 is 1. The highest BCUT2D eigenvalue weighted by Crippen LogP contribution is 2.23. The number of benzene rings is 1. The summed E-state index contributed by atoms with van der Waals surface area (Å²) in [7, 11) is 1.53. The number of hydrazone groups is 1. The summed E-state index contributed by atoms with van der Waals surface area (Å²) in [6, 6.07) is 4.75. The molecule has 0 aliphatic carbocycles. The van der Waals surface area contributed by atoms with Gasteiger partial charge in [-0.15, -0.1) is 0 Å². The van der Waals surface area contributed by atoms with Gasteiger partial charge in [-0.05, 0) is 32.0 Å². The van der Waals surface area contributed by atoms with Crippen LogP contribution in [0.5, 0.6) is 11.5 Å². The lowest BCUT2D eigenvalue weighted by Gasteiger charge is -2.07. The number of nitrogens with zero attached hydrogens (tertiary/aromatic N) is 1. The minimum Gasteiger partial charge on any atom is -0.507 e. The van der Waals surface area contributed by atoms with Crippen molar-refractivity contribution in [3.05, 3.63) is 23.8 Å². The van der Waals surface area contributed by atoms with Crippen molar-refractivity contribution < 1.29 is 19.4 Å². The molecule has 0 saturated heterocycles. The monoisotopic (exact) mass is 252 g/mol. The summed E-state index contributed by atoms with van der Waals surface area (Å²) in [5.41, 5.74) is 3.14. The first kappa shape index (κ1) is 13.8. The molecular formula is C12H16N2O4. The molecule has 0 aliphatic rings. The van der Waals surface area contributed by atoms with Crippen LogP contribution in [-0.2, 0) is 4.74 Å². The van der Waals surface area contributed by atoms with Gasteiger partial charge >= 0.3 is 6.09 Å². The van der Waals surface area contributed by atoms with Gasteiger partial charge in [0.15, 0.2) is 0 Å². The SMILES string of the molecule is CCOC(=O)N/N=C(\C)c1cc(OC)ccc1O. The summed E-state index contributed by atoms with van der Waals surface area (Å²) in [5, 5.41) is 13.5. The average Bonchev–Trinajstić information content (AvgIpc) is 2.37. The van der Waals surface area contributed by atoms with E-state index in [1.807, 2.05) is 0 Å². The van der Waals surface area contributed by atoms with Crippen LogP contribution in [0.4, 0.5) is 4.79 Å². The van der Waals surface area contributed by atoms with E-state index < -0.39 is 6.09 Å². The zero-order valence-electron chi connectivity index (χ0n) is 10.6. The second-order valence-corrected chi connectivity index (χ2v) is 3.41. The zero-order valence-corrected chi connectivity index (χ0v) is 10.6. The minimum atomic E-state index is -0.640. The Hall–Kier alpha value is -2.24. The Labute approximate surface area is 105 Å². The van der Waals surface area contributed by atoms with Crippen LogP contribution in [0.25, 0.3) is 0 Å². The highest BCUT2D eigenvalue weighted by atomic mass is 16.5. The van der Waals surface area contributed by atoms with Crippen LogP contribution in [0.1, 0.15) is 19.4 Å². The molecule has 1 aromatic rings. The second kappa shape index (κ2) is 6.48. The predicted octanol–water partition coefficient (Wildman–Crippen LogP) is 1.87. The molecule has 6 heteroatoms. The van der Waals surface area contributed by atoms with E-state index in [-0.39, 0.29) is 12.4 Å². The van der Waals surface area contributed by atoms with E-state index in [9.17, 15) is 9.90 Å². The predicted molar refractivity (Wildman–Crippen MR) is 67.0 cm³/mol. The fourth-order valence-corrected chi connectivity index (χ4v) is 1.29. The maximum Gasteiger partial charge on any atom is 0.427 e. The molecule has 0 aliphatic heterocycles. The third kappa shape index (κ3) is 3.65. The number of nitrogens with one attached hydrogen (secondary N) is 1. The van der Waals surface area contributed by atoms with Crippen molar-refractivity contribution in [2.45, 2.75) is 13.8 Å².